The van der Waals surface area contributed by atoms with Crippen molar-refractivity contribution >= 4 is 17.7 Å². The first kappa shape index (κ1) is 16.6. The number of amides is 2. The first-order chi connectivity index (χ1) is 9.73. The van der Waals surface area contributed by atoms with Crippen molar-refractivity contribution in [2.75, 3.05) is 19.0 Å². The molecule has 1 aromatic carbocycles. The van der Waals surface area contributed by atoms with Crippen molar-refractivity contribution < 1.29 is 32.6 Å². The van der Waals surface area contributed by atoms with Crippen molar-refractivity contribution in [3.05, 3.63) is 23.8 Å². The first-order valence-corrected chi connectivity index (χ1v) is 5.76. The minimum absolute atomic E-state index is 0.0434. The molecule has 0 aliphatic rings. The predicted octanol–water partition coefficient (Wildman–Crippen LogP) is 2.47. The number of halogens is 3. The Hall–Kier alpha value is -2.45. The third kappa shape index (κ3) is 5.59. The molecule has 0 heterocycles. The number of urea groups is 1. The SMILES string of the molecule is COc1ccc(C(=O)O)cc1NC(=O)NCCC(F)(F)F. The maximum absolute atomic E-state index is 11.9. The van der Waals surface area contributed by atoms with Gasteiger partial charge in [-0.2, -0.15) is 13.2 Å². The molecule has 116 valence electrons. The summed E-state index contributed by atoms with van der Waals surface area (Å²) in [5.74, 6) is -1.02. The van der Waals surface area contributed by atoms with Crippen LogP contribution in [0.5, 0.6) is 5.75 Å². The zero-order valence-electron chi connectivity index (χ0n) is 11.0. The van der Waals surface area contributed by atoms with E-state index in [1.807, 2.05) is 5.32 Å². The van der Waals surface area contributed by atoms with Crippen LogP contribution in [-0.2, 0) is 0 Å². The van der Waals surface area contributed by atoms with Gasteiger partial charge in [0, 0.05) is 6.54 Å². The van der Waals surface area contributed by atoms with Crippen molar-refractivity contribution in [1.82, 2.24) is 5.32 Å². The molecule has 0 aliphatic heterocycles. The van der Waals surface area contributed by atoms with Gasteiger partial charge in [-0.3, -0.25) is 0 Å². The molecule has 0 fully saturated rings. The third-order valence-electron chi connectivity index (χ3n) is 2.39. The van der Waals surface area contributed by atoms with Gasteiger partial charge in [-0.05, 0) is 18.2 Å². The largest absolute Gasteiger partial charge is 0.495 e. The molecule has 0 unspecified atom stereocenters. The number of rotatable bonds is 5. The Morgan fingerprint density at radius 1 is 1.33 bits per heavy atom. The standard InChI is InChI=1S/C12H13F3N2O4/c1-21-9-3-2-7(10(18)19)6-8(9)17-11(20)16-5-4-12(13,14)15/h2-3,6H,4-5H2,1H3,(H,18,19)(H2,16,17,20). The lowest BCUT2D eigenvalue weighted by atomic mass is 10.2. The van der Waals surface area contributed by atoms with Gasteiger partial charge in [0.1, 0.15) is 5.75 Å². The Bertz CT molecular complexity index is 532. The summed E-state index contributed by atoms with van der Waals surface area (Å²) in [6.45, 7) is -0.587. The Balaban J connectivity index is 2.70. The van der Waals surface area contributed by atoms with E-state index in [1.54, 1.807) is 0 Å². The van der Waals surface area contributed by atoms with Crippen molar-refractivity contribution in [1.29, 1.82) is 0 Å². The molecule has 0 saturated carbocycles. The van der Waals surface area contributed by atoms with Crippen LogP contribution in [0.4, 0.5) is 23.7 Å². The van der Waals surface area contributed by atoms with Crippen LogP contribution >= 0.6 is 0 Å². The van der Waals surface area contributed by atoms with Crippen LogP contribution < -0.4 is 15.4 Å². The van der Waals surface area contributed by atoms with Gasteiger partial charge in [0.05, 0.1) is 24.8 Å². The lowest BCUT2D eigenvalue weighted by molar-refractivity contribution is -0.132. The van der Waals surface area contributed by atoms with Crippen molar-refractivity contribution in [3.63, 3.8) is 0 Å². The number of nitrogens with one attached hydrogen (secondary N) is 2. The highest BCUT2D eigenvalue weighted by Gasteiger charge is 2.26. The second kappa shape index (κ2) is 6.82. The van der Waals surface area contributed by atoms with E-state index in [1.165, 1.54) is 19.2 Å². The summed E-state index contributed by atoms with van der Waals surface area (Å²) in [6, 6.07) is 2.85. The molecule has 1 rings (SSSR count). The molecule has 0 radical (unpaired) electrons. The summed E-state index contributed by atoms with van der Waals surface area (Å²) < 4.78 is 40.7. The second-order valence-electron chi connectivity index (χ2n) is 3.97. The summed E-state index contributed by atoms with van der Waals surface area (Å²) in [5.41, 5.74) is -0.0525. The van der Waals surface area contributed by atoms with Crippen LogP contribution in [-0.4, -0.2) is 36.9 Å². The van der Waals surface area contributed by atoms with E-state index in [2.05, 4.69) is 5.32 Å². The fourth-order valence-corrected chi connectivity index (χ4v) is 1.42. The van der Waals surface area contributed by atoms with E-state index < -0.39 is 31.1 Å². The van der Waals surface area contributed by atoms with Crippen LogP contribution in [0.25, 0.3) is 0 Å². The Morgan fingerprint density at radius 2 is 2.00 bits per heavy atom. The summed E-state index contributed by atoms with van der Waals surface area (Å²) in [7, 11) is 1.31. The molecule has 21 heavy (non-hydrogen) atoms. The number of hydrogen-bond acceptors (Lipinski definition) is 3. The zero-order valence-corrected chi connectivity index (χ0v) is 11.0. The molecule has 0 bridgehead atoms. The molecular weight excluding hydrogens is 293 g/mol. The quantitative estimate of drug-likeness (QED) is 0.780. The van der Waals surface area contributed by atoms with Gasteiger partial charge in [0.15, 0.2) is 0 Å². The molecule has 0 spiro atoms. The van der Waals surface area contributed by atoms with Crippen molar-refractivity contribution in [2.45, 2.75) is 12.6 Å². The molecule has 0 aromatic heterocycles. The van der Waals surface area contributed by atoms with Gasteiger partial charge in [-0.1, -0.05) is 0 Å². The summed E-state index contributed by atoms with van der Waals surface area (Å²) in [4.78, 5) is 22.3. The molecule has 1 aromatic rings. The molecule has 3 N–H and O–H groups in total. The number of aromatic carboxylic acids is 1. The van der Waals surface area contributed by atoms with Crippen molar-refractivity contribution in [3.8, 4) is 5.75 Å². The number of carbonyl (C=O) groups excluding carboxylic acids is 1. The van der Waals surface area contributed by atoms with Crippen LogP contribution in [0.1, 0.15) is 16.8 Å². The first-order valence-electron chi connectivity index (χ1n) is 5.76. The number of anilines is 1. The highest BCUT2D eigenvalue weighted by molar-refractivity contribution is 5.94. The zero-order chi connectivity index (χ0) is 16.0. The van der Waals surface area contributed by atoms with Crippen molar-refractivity contribution in [2.24, 2.45) is 0 Å². The smallest absolute Gasteiger partial charge is 0.390 e. The van der Waals surface area contributed by atoms with E-state index in [9.17, 15) is 22.8 Å². The summed E-state index contributed by atoms with van der Waals surface area (Å²) in [6.07, 6.45) is -5.53. The maximum Gasteiger partial charge on any atom is 0.390 e. The third-order valence-corrected chi connectivity index (χ3v) is 2.39. The highest BCUT2D eigenvalue weighted by atomic mass is 19.4. The van der Waals surface area contributed by atoms with Gasteiger partial charge in [0.2, 0.25) is 0 Å². The van der Waals surface area contributed by atoms with E-state index in [4.69, 9.17) is 9.84 Å². The lowest BCUT2D eigenvalue weighted by Gasteiger charge is -2.12. The lowest BCUT2D eigenvalue weighted by Crippen LogP contribution is -2.32. The van der Waals surface area contributed by atoms with Gasteiger partial charge < -0.3 is 20.5 Å². The fraction of sp³-hybridized carbons (Fsp3) is 0.333. The molecule has 2 amide bonds. The van der Waals surface area contributed by atoms with Crippen LogP contribution in [0.2, 0.25) is 0 Å². The number of benzene rings is 1. The molecule has 6 nitrogen and oxygen atoms in total. The van der Waals surface area contributed by atoms with Gasteiger partial charge in [0.25, 0.3) is 0 Å². The molecule has 0 saturated heterocycles. The molecular formula is C12H13F3N2O4. The van der Waals surface area contributed by atoms with Gasteiger partial charge in [-0.25, -0.2) is 9.59 Å². The monoisotopic (exact) mass is 306 g/mol. The van der Waals surface area contributed by atoms with Gasteiger partial charge in [-0.15, -0.1) is 0 Å². The van der Waals surface area contributed by atoms with Crippen LogP contribution in [0, 0.1) is 0 Å². The topological polar surface area (TPSA) is 87.7 Å². The average Bonchev–Trinajstić information content (AvgIpc) is 2.36. The number of methoxy groups -OCH3 is 1. The maximum atomic E-state index is 11.9. The molecule has 9 heteroatoms. The summed E-state index contributed by atoms with van der Waals surface area (Å²) >= 11 is 0. The van der Waals surface area contributed by atoms with Crippen LogP contribution in [0.3, 0.4) is 0 Å². The highest BCUT2D eigenvalue weighted by Crippen LogP contribution is 2.25. The van der Waals surface area contributed by atoms with Gasteiger partial charge >= 0.3 is 18.2 Å². The normalized spacial score (nSPS) is 10.9. The minimum Gasteiger partial charge on any atom is -0.495 e. The average molecular weight is 306 g/mol. The number of carboxylic acid groups (broad SMARTS) is 1. The van der Waals surface area contributed by atoms with E-state index >= 15 is 0 Å². The Kier molecular flexibility index (Phi) is 5.39. The number of carboxylic acids is 1. The van der Waals surface area contributed by atoms with E-state index in [0.29, 0.717) is 0 Å². The number of hydrogen-bond donors (Lipinski definition) is 3. The second-order valence-corrected chi connectivity index (χ2v) is 3.97. The fourth-order valence-electron chi connectivity index (χ4n) is 1.42. The molecule has 0 atom stereocenters. The van der Waals surface area contributed by atoms with E-state index in [-0.39, 0.29) is 17.0 Å². The minimum atomic E-state index is -4.37. The number of alkyl halides is 3. The van der Waals surface area contributed by atoms with Crippen LogP contribution in [0.15, 0.2) is 18.2 Å². The number of carbonyl (C=O) groups is 2. The molecule has 0 aliphatic carbocycles. The van der Waals surface area contributed by atoms with E-state index in [0.717, 1.165) is 6.07 Å². The Labute approximate surface area is 117 Å². The number of ether oxygens (including phenoxy) is 1. The predicted molar refractivity (Wildman–Crippen MR) is 67.6 cm³/mol. The summed E-state index contributed by atoms with van der Waals surface area (Å²) in [5, 5.41) is 13.1. The Morgan fingerprint density at radius 3 is 2.52 bits per heavy atom.